The number of halogens is 1. The fraction of sp³-hybridized carbons (Fsp3) is 0.476. The summed E-state index contributed by atoms with van der Waals surface area (Å²) < 4.78 is 15.0. The second kappa shape index (κ2) is 8.12. The molecule has 150 valence electrons. The van der Waals surface area contributed by atoms with E-state index in [1.54, 1.807) is 46.9 Å². The Morgan fingerprint density at radius 3 is 2.29 bits per heavy atom. The summed E-state index contributed by atoms with van der Waals surface area (Å²) in [5.74, 6) is -0.203. The zero-order valence-electron chi connectivity index (χ0n) is 16.9. The van der Waals surface area contributed by atoms with E-state index in [0.717, 1.165) is 11.4 Å². The number of piperidine rings is 1. The van der Waals surface area contributed by atoms with E-state index in [-0.39, 0.29) is 29.5 Å². The van der Waals surface area contributed by atoms with Gasteiger partial charge in [-0.2, -0.15) is 5.10 Å². The quantitative estimate of drug-likeness (QED) is 0.811. The molecule has 2 aromatic rings. The monoisotopic (exact) mass is 386 g/mol. The molecular weight excluding hydrogens is 359 g/mol. The lowest BCUT2D eigenvalue weighted by Crippen LogP contribution is -2.43. The van der Waals surface area contributed by atoms with Crippen LogP contribution in [0, 0.1) is 11.7 Å². The Balaban J connectivity index is 1.81. The number of benzene rings is 1. The number of aromatic nitrogens is 2. The number of likely N-dealkylation sites (tertiary alicyclic amines) is 1. The summed E-state index contributed by atoms with van der Waals surface area (Å²) in [5, 5.41) is 4.41. The van der Waals surface area contributed by atoms with Gasteiger partial charge in [0, 0.05) is 33.1 Å². The second-order valence-electron chi connectivity index (χ2n) is 7.79. The van der Waals surface area contributed by atoms with Gasteiger partial charge in [-0.3, -0.25) is 9.59 Å². The Kier molecular flexibility index (Phi) is 5.82. The first-order valence-corrected chi connectivity index (χ1v) is 9.64. The molecule has 2 amide bonds. The topological polar surface area (TPSA) is 58.4 Å². The third kappa shape index (κ3) is 3.93. The predicted octanol–water partition coefficient (Wildman–Crippen LogP) is 3.08. The maximum absolute atomic E-state index is 13.3. The number of hydrogen-bond acceptors (Lipinski definition) is 3. The molecule has 1 aromatic heterocycles. The highest BCUT2D eigenvalue weighted by Crippen LogP contribution is 2.26. The van der Waals surface area contributed by atoms with Gasteiger partial charge >= 0.3 is 0 Å². The van der Waals surface area contributed by atoms with Gasteiger partial charge in [0.15, 0.2) is 0 Å². The summed E-state index contributed by atoms with van der Waals surface area (Å²) in [6, 6.07) is 6.08. The molecule has 1 fully saturated rings. The zero-order chi connectivity index (χ0) is 20.4. The van der Waals surface area contributed by atoms with Gasteiger partial charge in [-0.1, -0.05) is 13.8 Å². The van der Waals surface area contributed by atoms with Crippen molar-refractivity contribution in [2.24, 2.45) is 5.92 Å². The summed E-state index contributed by atoms with van der Waals surface area (Å²) in [7, 11) is 3.53. The minimum absolute atomic E-state index is 0.0226. The van der Waals surface area contributed by atoms with Crippen LogP contribution in [0.1, 0.15) is 48.7 Å². The lowest BCUT2D eigenvalue weighted by molar-refractivity contribution is -0.134. The lowest BCUT2D eigenvalue weighted by atomic mass is 9.94. The van der Waals surface area contributed by atoms with Gasteiger partial charge in [0.05, 0.1) is 23.1 Å². The Morgan fingerprint density at radius 2 is 1.75 bits per heavy atom. The summed E-state index contributed by atoms with van der Waals surface area (Å²) in [5.41, 5.74) is 2.10. The highest BCUT2D eigenvalue weighted by molar-refractivity contribution is 5.95. The largest absolute Gasteiger partial charge is 0.349 e. The molecule has 0 unspecified atom stereocenters. The van der Waals surface area contributed by atoms with Gasteiger partial charge in [0.2, 0.25) is 5.91 Å². The van der Waals surface area contributed by atoms with E-state index in [2.05, 4.69) is 5.10 Å². The second-order valence-corrected chi connectivity index (χ2v) is 7.79. The van der Waals surface area contributed by atoms with Crippen molar-refractivity contribution in [3.63, 3.8) is 0 Å². The molecule has 3 rings (SSSR count). The maximum atomic E-state index is 13.3. The first kappa shape index (κ1) is 20.0. The Hall–Kier alpha value is -2.70. The van der Waals surface area contributed by atoms with Crippen LogP contribution in [0.25, 0.3) is 5.69 Å². The van der Waals surface area contributed by atoms with Crippen LogP contribution in [0.5, 0.6) is 0 Å². The van der Waals surface area contributed by atoms with Gasteiger partial charge in [-0.05, 0) is 43.0 Å². The van der Waals surface area contributed by atoms with Crippen molar-refractivity contribution in [1.29, 1.82) is 0 Å². The van der Waals surface area contributed by atoms with Gasteiger partial charge in [-0.15, -0.1) is 0 Å². The molecule has 1 aromatic carbocycles. The zero-order valence-corrected chi connectivity index (χ0v) is 16.9. The minimum atomic E-state index is -0.312. The molecule has 2 heterocycles. The van der Waals surface area contributed by atoms with Crippen LogP contribution in [-0.2, 0) is 4.79 Å². The molecule has 0 radical (unpaired) electrons. The molecule has 1 saturated heterocycles. The van der Waals surface area contributed by atoms with E-state index in [4.69, 9.17) is 0 Å². The average Bonchev–Trinajstić information content (AvgIpc) is 3.13. The molecule has 0 saturated carbocycles. The first-order valence-electron chi connectivity index (χ1n) is 9.64. The van der Waals surface area contributed by atoms with Crippen LogP contribution in [0.2, 0.25) is 0 Å². The van der Waals surface area contributed by atoms with Crippen LogP contribution >= 0.6 is 0 Å². The number of rotatable bonds is 4. The van der Waals surface area contributed by atoms with Crippen molar-refractivity contribution in [1.82, 2.24) is 19.6 Å². The molecule has 0 spiro atoms. The predicted molar refractivity (Wildman–Crippen MR) is 105 cm³/mol. The number of carbonyl (C=O) groups is 2. The SMILES string of the molecule is CC(C)c1c(C(=O)N2CCC(C(=O)N(C)C)CC2)cnn1-c1ccc(F)cc1. The molecule has 0 bridgehead atoms. The van der Waals surface area contributed by atoms with Gasteiger partial charge in [0.25, 0.3) is 5.91 Å². The standard InChI is InChI=1S/C21H27FN4O2/c1-14(2)19-18(13-23-26(19)17-7-5-16(22)6-8-17)21(28)25-11-9-15(10-12-25)20(27)24(3)4/h5-8,13-15H,9-12H2,1-4H3. The van der Waals surface area contributed by atoms with E-state index in [9.17, 15) is 14.0 Å². The van der Waals surface area contributed by atoms with Crippen molar-refractivity contribution >= 4 is 11.8 Å². The Morgan fingerprint density at radius 1 is 1.14 bits per heavy atom. The highest BCUT2D eigenvalue weighted by atomic mass is 19.1. The third-order valence-corrected chi connectivity index (χ3v) is 5.23. The summed E-state index contributed by atoms with van der Waals surface area (Å²) in [4.78, 5) is 28.7. The van der Waals surface area contributed by atoms with Crippen LogP contribution in [0.4, 0.5) is 4.39 Å². The van der Waals surface area contributed by atoms with Crippen molar-refractivity contribution < 1.29 is 14.0 Å². The normalized spacial score (nSPS) is 15.1. The van der Waals surface area contributed by atoms with Crippen LogP contribution in [0.3, 0.4) is 0 Å². The van der Waals surface area contributed by atoms with E-state index >= 15 is 0 Å². The van der Waals surface area contributed by atoms with Crippen molar-refractivity contribution in [2.45, 2.75) is 32.6 Å². The molecular formula is C21H27FN4O2. The molecule has 6 nitrogen and oxygen atoms in total. The molecule has 0 aliphatic carbocycles. The van der Waals surface area contributed by atoms with Crippen molar-refractivity contribution in [3.8, 4) is 5.69 Å². The number of carbonyl (C=O) groups excluding carboxylic acids is 2. The number of amides is 2. The summed E-state index contributed by atoms with van der Waals surface area (Å²) in [6.45, 7) is 5.14. The Bertz CT molecular complexity index is 850. The number of nitrogens with zero attached hydrogens (tertiary/aromatic N) is 4. The van der Waals surface area contributed by atoms with Gasteiger partial charge < -0.3 is 9.80 Å². The number of hydrogen-bond donors (Lipinski definition) is 0. The fourth-order valence-electron chi connectivity index (χ4n) is 3.73. The van der Waals surface area contributed by atoms with Crippen molar-refractivity contribution in [2.75, 3.05) is 27.2 Å². The molecule has 1 aliphatic heterocycles. The maximum Gasteiger partial charge on any atom is 0.257 e. The molecule has 0 N–H and O–H groups in total. The van der Waals surface area contributed by atoms with Crippen molar-refractivity contribution in [3.05, 3.63) is 47.5 Å². The van der Waals surface area contributed by atoms with Crippen LogP contribution in [-0.4, -0.2) is 58.6 Å². The Labute approximate surface area is 164 Å². The fourth-order valence-corrected chi connectivity index (χ4v) is 3.73. The van der Waals surface area contributed by atoms with Gasteiger partial charge in [-0.25, -0.2) is 9.07 Å². The van der Waals surface area contributed by atoms with Crippen LogP contribution in [0.15, 0.2) is 30.5 Å². The lowest BCUT2D eigenvalue weighted by Gasteiger charge is -2.32. The van der Waals surface area contributed by atoms with E-state index < -0.39 is 0 Å². The van der Waals surface area contributed by atoms with E-state index in [1.165, 1.54) is 12.1 Å². The molecule has 1 aliphatic rings. The van der Waals surface area contributed by atoms with E-state index in [0.29, 0.717) is 31.5 Å². The first-order chi connectivity index (χ1) is 13.3. The molecule has 28 heavy (non-hydrogen) atoms. The molecule has 0 atom stereocenters. The average molecular weight is 386 g/mol. The van der Waals surface area contributed by atoms with E-state index in [1.807, 2.05) is 13.8 Å². The third-order valence-electron chi connectivity index (χ3n) is 5.23. The van der Waals surface area contributed by atoms with Gasteiger partial charge in [0.1, 0.15) is 5.82 Å². The summed E-state index contributed by atoms with van der Waals surface area (Å²) >= 11 is 0. The van der Waals surface area contributed by atoms with Crippen LogP contribution < -0.4 is 0 Å². The highest BCUT2D eigenvalue weighted by Gasteiger charge is 2.31. The smallest absolute Gasteiger partial charge is 0.257 e. The molecule has 7 heteroatoms. The summed E-state index contributed by atoms with van der Waals surface area (Å²) in [6.07, 6.45) is 2.94. The minimum Gasteiger partial charge on any atom is -0.349 e.